The number of carbonyl (C=O) groups is 1. The number of nitrogens with two attached hydrogens (primary N) is 1. The van der Waals surface area contributed by atoms with Gasteiger partial charge in [0.15, 0.2) is 0 Å². The van der Waals surface area contributed by atoms with E-state index in [1.165, 1.54) is 4.90 Å². The number of piperazine rings is 1. The highest BCUT2D eigenvalue weighted by molar-refractivity contribution is 5.81. The Morgan fingerprint density at radius 3 is 2.38 bits per heavy atom. The minimum absolute atomic E-state index is 0.0782. The van der Waals surface area contributed by atoms with Gasteiger partial charge in [-0.15, -0.1) is 0 Å². The van der Waals surface area contributed by atoms with Crippen LogP contribution in [0.4, 0.5) is 13.2 Å². The fourth-order valence-corrected chi connectivity index (χ4v) is 2.80. The molecular weight excluding hydrogens is 287 g/mol. The van der Waals surface area contributed by atoms with Crippen molar-refractivity contribution in [3.63, 3.8) is 0 Å². The first kappa shape index (κ1) is 16.5. The van der Waals surface area contributed by atoms with Gasteiger partial charge >= 0.3 is 6.18 Å². The predicted molar refractivity (Wildman–Crippen MR) is 70.6 cm³/mol. The summed E-state index contributed by atoms with van der Waals surface area (Å²) in [4.78, 5) is 15.2. The van der Waals surface area contributed by atoms with Gasteiger partial charge in [-0.05, 0) is 19.8 Å². The fourth-order valence-electron chi connectivity index (χ4n) is 2.80. The zero-order valence-corrected chi connectivity index (χ0v) is 12.1. The number of amides is 1. The average Bonchev–Trinajstić information content (AvgIpc) is 2.94. The van der Waals surface area contributed by atoms with E-state index >= 15 is 0 Å². The zero-order valence-electron chi connectivity index (χ0n) is 12.1. The molecule has 5 nitrogen and oxygen atoms in total. The van der Waals surface area contributed by atoms with E-state index in [0.29, 0.717) is 26.1 Å². The first-order chi connectivity index (χ1) is 9.82. The molecule has 21 heavy (non-hydrogen) atoms. The van der Waals surface area contributed by atoms with Gasteiger partial charge < -0.3 is 15.4 Å². The maximum atomic E-state index is 12.7. The zero-order chi connectivity index (χ0) is 15.6. The number of halogens is 3. The van der Waals surface area contributed by atoms with E-state index in [0.717, 1.165) is 13.3 Å². The molecule has 3 atom stereocenters. The van der Waals surface area contributed by atoms with Crippen molar-refractivity contribution in [3.8, 4) is 0 Å². The molecule has 2 fully saturated rings. The lowest BCUT2D eigenvalue weighted by atomic mass is 10.1. The smallest absolute Gasteiger partial charge is 0.364 e. The number of nitrogens with zero attached hydrogens (tertiary/aromatic N) is 2. The Bertz CT molecular complexity index is 370. The van der Waals surface area contributed by atoms with E-state index in [-0.39, 0.29) is 25.1 Å². The molecule has 2 rings (SSSR count). The molecule has 2 saturated heterocycles. The molecule has 0 radical (unpaired) electrons. The van der Waals surface area contributed by atoms with Crippen molar-refractivity contribution in [1.82, 2.24) is 9.80 Å². The largest absolute Gasteiger partial charge is 0.403 e. The quantitative estimate of drug-likeness (QED) is 0.829. The van der Waals surface area contributed by atoms with Crippen molar-refractivity contribution in [2.45, 2.75) is 44.2 Å². The number of alkyl halides is 3. The van der Waals surface area contributed by atoms with E-state index in [1.807, 2.05) is 0 Å². The minimum Gasteiger partial charge on any atom is -0.364 e. The monoisotopic (exact) mass is 309 g/mol. The highest BCUT2D eigenvalue weighted by Gasteiger charge is 2.42. The number of hydrogen-bond donors (Lipinski definition) is 1. The molecule has 122 valence electrons. The molecule has 2 aliphatic heterocycles. The van der Waals surface area contributed by atoms with Gasteiger partial charge in [-0.2, -0.15) is 13.2 Å². The van der Waals surface area contributed by atoms with Crippen LogP contribution < -0.4 is 5.73 Å². The lowest BCUT2D eigenvalue weighted by Crippen LogP contribution is -2.56. The average molecular weight is 309 g/mol. The second-order valence-electron chi connectivity index (χ2n) is 5.64. The van der Waals surface area contributed by atoms with E-state index in [9.17, 15) is 18.0 Å². The molecule has 8 heteroatoms. The van der Waals surface area contributed by atoms with E-state index in [4.69, 9.17) is 10.5 Å². The summed E-state index contributed by atoms with van der Waals surface area (Å²) in [6.07, 6.45) is -3.39. The maximum absolute atomic E-state index is 12.7. The molecule has 1 unspecified atom stereocenters. The van der Waals surface area contributed by atoms with E-state index in [1.54, 1.807) is 4.90 Å². The standard InChI is InChI=1S/C13H22F3N3O2/c1-9(13(14,15)16)18-4-6-19(7-5-18)12(20)11-3-2-10(8-17)21-11/h9-11H,2-8,17H2,1H3/t9?,10-,11+/m1/s1. The first-order valence-electron chi connectivity index (χ1n) is 7.28. The topological polar surface area (TPSA) is 58.8 Å². The summed E-state index contributed by atoms with van der Waals surface area (Å²) in [6, 6.07) is -1.47. The van der Waals surface area contributed by atoms with Crippen molar-refractivity contribution >= 4 is 5.91 Å². The maximum Gasteiger partial charge on any atom is 0.403 e. The Labute approximate surface area is 122 Å². The molecule has 2 heterocycles. The second kappa shape index (κ2) is 6.50. The van der Waals surface area contributed by atoms with Crippen LogP contribution in [0.5, 0.6) is 0 Å². The molecule has 0 aromatic heterocycles. The Balaban J connectivity index is 1.82. The Hall–Kier alpha value is -0.860. The van der Waals surface area contributed by atoms with Crippen LogP contribution in [0, 0.1) is 0 Å². The normalized spacial score (nSPS) is 29.7. The third kappa shape index (κ3) is 3.87. The first-order valence-corrected chi connectivity index (χ1v) is 7.28. The van der Waals surface area contributed by atoms with Crippen LogP contribution in [0.1, 0.15) is 19.8 Å². The summed E-state index contributed by atoms with van der Waals surface area (Å²) < 4.78 is 43.5. The molecule has 1 amide bonds. The van der Waals surface area contributed by atoms with Crippen molar-refractivity contribution in [3.05, 3.63) is 0 Å². The lowest BCUT2D eigenvalue weighted by Gasteiger charge is -2.39. The van der Waals surface area contributed by atoms with Crippen molar-refractivity contribution in [2.24, 2.45) is 5.73 Å². The lowest BCUT2D eigenvalue weighted by molar-refractivity contribution is -0.183. The SMILES string of the molecule is CC(N1CCN(C(=O)[C@@H]2CC[C@H](CN)O2)CC1)C(F)(F)F. The van der Waals surface area contributed by atoms with Crippen LogP contribution in [0.15, 0.2) is 0 Å². The molecular formula is C13H22F3N3O2. The third-order valence-corrected chi connectivity index (χ3v) is 4.29. The molecule has 0 aromatic rings. The van der Waals surface area contributed by atoms with Crippen molar-refractivity contribution < 1.29 is 22.7 Å². The van der Waals surface area contributed by atoms with E-state index in [2.05, 4.69) is 0 Å². The van der Waals surface area contributed by atoms with Gasteiger partial charge in [0.2, 0.25) is 0 Å². The second-order valence-corrected chi connectivity index (χ2v) is 5.64. The van der Waals surface area contributed by atoms with Crippen LogP contribution >= 0.6 is 0 Å². The van der Waals surface area contributed by atoms with Crippen molar-refractivity contribution in [1.29, 1.82) is 0 Å². The Morgan fingerprint density at radius 1 is 1.29 bits per heavy atom. The van der Waals surface area contributed by atoms with Gasteiger partial charge in [0, 0.05) is 32.7 Å². The Kier molecular flexibility index (Phi) is 5.11. The molecule has 0 aromatic carbocycles. The fraction of sp³-hybridized carbons (Fsp3) is 0.923. The number of hydrogen-bond acceptors (Lipinski definition) is 4. The summed E-state index contributed by atoms with van der Waals surface area (Å²) in [5.74, 6) is -0.120. The van der Waals surface area contributed by atoms with Crippen LogP contribution in [-0.2, 0) is 9.53 Å². The molecule has 0 spiro atoms. The summed E-state index contributed by atoms with van der Waals surface area (Å²) in [5, 5.41) is 0. The molecule has 0 saturated carbocycles. The summed E-state index contributed by atoms with van der Waals surface area (Å²) >= 11 is 0. The number of ether oxygens (including phenoxy) is 1. The van der Waals surface area contributed by atoms with Gasteiger partial charge in [-0.25, -0.2) is 0 Å². The summed E-state index contributed by atoms with van der Waals surface area (Å²) in [7, 11) is 0. The molecule has 2 aliphatic rings. The van der Waals surface area contributed by atoms with Gasteiger partial charge in [-0.1, -0.05) is 0 Å². The number of rotatable bonds is 3. The Morgan fingerprint density at radius 2 is 1.90 bits per heavy atom. The van der Waals surface area contributed by atoms with Gasteiger partial charge in [0.1, 0.15) is 12.1 Å². The van der Waals surface area contributed by atoms with Gasteiger partial charge in [0.05, 0.1) is 6.10 Å². The van der Waals surface area contributed by atoms with E-state index < -0.39 is 18.3 Å². The molecule has 0 aliphatic carbocycles. The van der Waals surface area contributed by atoms with Gasteiger partial charge in [0.25, 0.3) is 5.91 Å². The highest BCUT2D eigenvalue weighted by Crippen LogP contribution is 2.26. The molecule has 0 bridgehead atoms. The highest BCUT2D eigenvalue weighted by atomic mass is 19.4. The minimum atomic E-state index is -4.23. The van der Waals surface area contributed by atoms with Crippen LogP contribution in [0.25, 0.3) is 0 Å². The number of carbonyl (C=O) groups excluding carboxylic acids is 1. The van der Waals surface area contributed by atoms with Crippen LogP contribution in [0.2, 0.25) is 0 Å². The summed E-state index contributed by atoms with van der Waals surface area (Å²) in [6.45, 7) is 2.64. The van der Waals surface area contributed by atoms with Gasteiger partial charge in [-0.3, -0.25) is 9.69 Å². The van der Waals surface area contributed by atoms with Crippen molar-refractivity contribution in [2.75, 3.05) is 32.7 Å². The van der Waals surface area contributed by atoms with Crippen LogP contribution in [-0.4, -0.2) is 72.9 Å². The summed E-state index contributed by atoms with van der Waals surface area (Å²) in [5.41, 5.74) is 5.50. The predicted octanol–water partition coefficient (Wildman–Crippen LogP) is 0.588. The van der Waals surface area contributed by atoms with Crippen LogP contribution in [0.3, 0.4) is 0 Å². The molecule has 2 N–H and O–H groups in total. The third-order valence-electron chi connectivity index (χ3n) is 4.29.